The zero-order valence-electron chi connectivity index (χ0n) is 17.6. The second-order valence-electron chi connectivity index (χ2n) is 7.46. The highest BCUT2D eigenvalue weighted by Gasteiger charge is 2.20. The van der Waals surface area contributed by atoms with Crippen molar-refractivity contribution in [1.82, 2.24) is 9.80 Å². The van der Waals surface area contributed by atoms with Gasteiger partial charge in [-0.2, -0.15) is 0 Å². The van der Waals surface area contributed by atoms with E-state index in [-0.39, 0.29) is 0 Å². The number of piperazine rings is 1. The standard InChI is InChI=1S/C22H32N2O5/c1-17-11-21(26-2)22(27-3)12-18(17)13-23-6-8-24(9-7-23)14-19(25)15-28-16-20-5-4-10-29-20/h4-5,10-12,19,25H,6-9,13-16H2,1-3H3. The van der Waals surface area contributed by atoms with Crippen LogP contribution in [0.5, 0.6) is 11.5 Å². The van der Waals surface area contributed by atoms with Crippen molar-refractivity contribution in [2.24, 2.45) is 0 Å². The molecular formula is C22H32N2O5. The third-order valence-corrected chi connectivity index (χ3v) is 5.30. The molecule has 1 N–H and O–H groups in total. The van der Waals surface area contributed by atoms with Crippen molar-refractivity contribution in [1.29, 1.82) is 0 Å². The number of aliphatic hydroxyl groups excluding tert-OH is 1. The van der Waals surface area contributed by atoms with E-state index in [4.69, 9.17) is 18.6 Å². The molecule has 2 heterocycles. The van der Waals surface area contributed by atoms with Gasteiger partial charge < -0.3 is 23.7 Å². The second kappa shape index (κ2) is 10.6. The first-order chi connectivity index (χ1) is 14.1. The summed E-state index contributed by atoms with van der Waals surface area (Å²) < 4.78 is 21.6. The molecule has 7 nitrogen and oxygen atoms in total. The van der Waals surface area contributed by atoms with Crippen molar-refractivity contribution in [3.63, 3.8) is 0 Å². The molecule has 1 fully saturated rings. The number of furan rings is 1. The highest BCUT2D eigenvalue weighted by molar-refractivity contribution is 5.47. The first-order valence-corrected chi connectivity index (χ1v) is 10.0. The SMILES string of the molecule is COc1cc(C)c(CN2CCN(CC(O)COCc3ccco3)CC2)cc1OC. The summed E-state index contributed by atoms with van der Waals surface area (Å²) in [5.41, 5.74) is 2.46. The Balaban J connectivity index is 1.41. The molecule has 160 valence electrons. The summed E-state index contributed by atoms with van der Waals surface area (Å²) in [5, 5.41) is 10.2. The predicted molar refractivity (Wildman–Crippen MR) is 110 cm³/mol. The fraction of sp³-hybridized carbons (Fsp3) is 0.545. The summed E-state index contributed by atoms with van der Waals surface area (Å²) >= 11 is 0. The van der Waals surface area contributed by atoms with E-state index in [2.05, 4.69) is 22.8 Å². The van der Waals surface area contributed by atoms with Gasteiger partial charge in [0.1, 0.15) is 12.4 Å². The molecule has 2 aromatic rings. The van der Waals surface area contributed by atoms with E-state index in [0.29, 0.717) is 19.8 Å². The summed E-state index contributed by atoms with van der Waals surface area (Å²) in [7, 11) is 3.33. The molecule has 0 amide bonds. The van der Waals surface area contributed by atoms with Crippen molar-refractivity contribution >= 4 is 0 Å². The number of methoxy groups -OCH3 is 2. The van der Waals surface area contributed by atoms with E-state index in [1.165, 1.54) is 11.1 Å². The molecule has 29 heavy (non-hydrogen) atoms. The molecule has 0 aliphatic carbocycles. The maximum atomic E-state index is 10.2. The highest BCUT2D eigenvalue weighted by atomic mass is 16.5. The van der Waals surface area contributed by atoms with E-state index in [0.717, 1.165) is 50.0 Å². The minimum Gasteiger partial charge on any atom is -0.493 e. The quantitative estimate of drug-likeness (QED) is 0.652. The molecule has 1 aliphatic rings. The number of nitrogens with zero attached hydrogens (tertiary/aromatic N) is 2. The molecule has 7 heteroatoms. The first kappa shape index (κ1) is 21.6. The maximum Gasteiger partial charge on any atom is 0.161 e. The Morgan fingerprint density at radius 2 is 1.76 bits per heavy atom. The van der Waals surface area contributed by atoms with Crippen molar-refractivity contribution < 1.29 is 23.7 Å². The molecule has 1 aromatic heterocycles. The Kier molecular flexibility index (Phi) is 7.94. The predicted octanol–water partition coefficient (Wildman–Crippen LogP) is 2.30. The third-order valence-electron chi connectivity index (χ3n) is 5.30. The van der Waals surface area contributed by atoms with Gasteiger partial charge in [-0.3, -0.25) is 9.80 Å². The number of benzene rings is 1. The Bertz CT molecular complexity index is 742. The van der Waals surface area contributed by atoms with Gasteiger partial charge in [0.25, 0.3) is 0 Å². The molecule has 0 saturated carbocycles. The van der Waals surface area contributed by atoms with Crippen molar-refractivity contribution in [3.05, 3.63) is 47.4 Å². The Morgan fingerprint density at radius 3 is 2.41 bits per heavy atom. The van der Waals surface area contributed by atoms with E-state index in [9.17, 15) is 5.11 Å². The van der Waals surface area contributed by atoms with Gasteiger partial charge in [0.2, 0.25) is 0 Å². The minimum absolute atomic E-state index is 0.311. The largest absolute Gasteiger partial charge is 0.493 e. The van der Waals surface area contributed by atoms with Gasteiger partial charge in [-0.1, -0.05) is 0 Å². The number of rotatable bonds is 10. The monoisotopic (exact) mass is 404 g/mol. The number of β-amino-alcohol motifs (C(OH)–C–C–N with tert-alkyl or cyclic N) is 1. The van der Waals surface area contributed by atoms with Gasteiger partial charge in [0, 0.05) is 39.3 Å². The molecule has 0 radical (unpaired) electrons. The maximum absolute atomic E-state index is 10.2. The summed E-state index contributed by atoms with van der Waals surface area (Å²) in [6, 6.07) is 7.80. The van der Waals surface area contributed by atoms with Crippen molar-refractivity contribution in [2.75, 3.05) is 53.6 Å². The van der Waals surface area contributed by atoms with Crippen LogP contribution in [0.25, 0.3) is 0 Å². The van der Waals surface area contributed by atoms with E-state index >= 15 is 0 Å². The molecule has 1 aromatic carbocycles. The lowest BCUT2D eigenvalue weighted by atomic mass is 10.1. The van der Waals surface area contributed by atoms with Gasteiger partial charge in [-0.05, 0) is 42.3 Å². The van der Waals surface area contributed by atoms with Gasteiger partial charge in [-0.15, -0.1) is 0 Å². The average Bonchev–Trinajstić information content (AvgIpc) is 3.24. The molecule has 1 saturated heterocycles. The number of hydrogen-bond acceptors (Lipinski definition) is 7. The molecule has 1 aliphatic heterocycles. The van der Waals surface area contributed by atoms with Crippen LogP contribution in [0.1, 0.15) is 16.9 Å². The summed E-state index contributed by atoms with van der Waals surface area (Å²) in [6.45, 7) is 8.11. The highest BCUT2D eigenvalue weighted by Crippen LogP contribution is 2.31. The fourth-order valence-corrected chi connectivity index (χ4v) is 3.60. The van der Waals surface area contributed by atoms with Crippen molar-refractivity contribution in [2.45, 2.75) is 26.2 Å². The smallest absolute Gasteiger partial charge is 0.161 e. The normalized spacial score (nSPS) is 16.7. The topological polar surface area (TPSA) is 67.5 Å². The molecule has 1 atom stereocenters. The van der Waals surface area contributed by atoms with Crippen molar-refractivity contribution in [3.8, 4) is 11.5 Å². The van der Waals surface area contributed by atoms with Crippen LogP contribution in [0.15, 0.2) is 34.9 Å². The molecule has 0 spiro atoms. The van der Waals surface area contributed by atoms with Crippen LogP contribution in [0.4, 0.5) is 0 Å². The summed E-state index contributed by atoms with van der Waals surface area (Å²) in [5.74, 6) is 2.31. The van der Waals surface area contributed by atoms with Gasteiger partial charge in [0.05, 0.1) is 33.2 Å². The van der Waals surface area contributed by atoms with Crippen LogP contribution >= 0.6 is 0 Å². The lowest BCUT2D eigenvalue weighted by Gasteiger charge is -2.35. The number of aryl methyl sites for hydroxylation is 1. The molecule has 1 unspecified atom stereocenters. The fourth-order valence-electron chi connectivity index (χ4n) is 3.60. The van der Waals surface area contributed by atoms with E-state index in [1.54, 1.807) is 20.5 Å². The molecule has 0 bridgehead atoms. The Labute approximate surface area is 172 Å². The Hall–Kier alpha value is -2.06. The van der Waals surface area contributed by atoms with E-state index < -0.39 is 6.10 Å². The lowest BCUT2D eigenvalue weighted by molar-refractivity contribution is -0.00309. The molecular weight excluding hydrogens is 372 g/mol. The summed E-state index contributed by atoms with van der Waals surface area (Å²) in [4.78, 5) is 4.73. The zero-order chi connectivity index (χ0) is 20.6. The molecule has 3 rings (SSSR count). The van der Waals surface area contributed by atoms with Crippen LogP contribution in [0.3, 0.4) is 0 Å². The van der Waals surface area contributed by atoms with Crippen LogP contribution in [-0.2, 0) is 17.9 Å². The number of ether oxygens (including phenoxy) is 3. The summed E-state index contributed by atoms with van der Waals surface area (Å²) in [6.07, 6.45) is 1.13. The van der Waals surface area contributed by atoms with Gasteiger partial charge in [0.15, 0.2) is 11.5 Å². The Morgan fingerprint density at radius 1 is 1.07 bits per heavy atom. The van der Waals surface area contributed by atoms with Crippen LogP contribution in [0, 0.1) is 6.92 Å². The van der Waals surface area contributed by atoms with Crippen LogP contribution in [-0.4, -0.2) is 74.6 Å². The average molecular weight is 405 g/mol. The van der Waals surface area contributed by atoms with E-state index in [1.807, 2.05) is 18.2 Å². The number of hydrogen-bond donors (Lipinski definition) is 1. The van der Waals surface area contributed by atoms with Gasteiger partial charge >= 0.3 is 0 Å². The third kappa shape index (κ3) is 6.21. The van der Waals surface area contributed by atoms with Crippen LogP contribution < -0.4 is 9.47 Å². The lowest BCUT2D eigenvalue weighted by Crippen LogP contribution is -2.48. The zero-order valence-corrected chi connectivity index (χ0v) is 17.6. The number of aliphatic hydroxyl groups is 1. The first-order valence-electron chi connectivity index (χ1n) is 10.0. The van der Waals surface area contributed by atoms with Gasteiger partial charge in [-0.25, -0.2) is 0 Å². The minimum atomic E-state index is -0.496. The second-order valence-corrected chi connectivity index (χ2v) is 7.46. The van der Waals surface area contributed by atoms with Crippen LogP contribution in [0.2, 0.25) is 0 Å².